The molecule has 0 saturated carbocycles. The molecule has 1 amide bonds. The Kier molecular flexibility index (Phi) is 5.56. The van der Waals surface area contributed by atoms with E-state index < -0.39 is 10.0 Å². The standard InChI is InChI=1S/C16H17BrN2O3S/c1-11(12-5-3-7-14(17)9-12)19-16(20)13-6-4-8-15(10-13)23(21,22)18-2/h3-11,18H,1-2H3,(H,19,20)/t11-/m1/s1. The van der Waals surface area contributed by atoms with Gasteiger partial charge in [-0.2, -0.15) is 0 Å². The first-order valence-corrected chi connectivity index (χ1v) is 9.21. The Bertz CT molecular complexity index is 822. The molecule has 23 heavy (non-hydrogen) atoms. The second kappa shape index (κ2) is 7.25. The molecule has 0 unspecified atom stereocenters. The van der Waals surface area contributed by atoms with Crippen LogP contribution in [0.3, 0.4) is 0 Å². The van der Waals surface area contributed by atoms with Gasteiger partial charge in [0.25, 0.3) is 5.91 Å². The highest BCUT2D eigenvalue weighted by Gasteiger charge is 2.16. The summed E-state index contributed by atoms with van der Waals surface area (Å²) in [5, 5.41) is 2.86. The van der Waals surface area contributed by atoms with Crippen molar-refractivity contribution in [2.75, 3.05) is 7.05 Å². The Morgan fingerprint density at radius 3 is 2.48 bits per heavy atom. The van der Waals surface area contributed by atoms with Crippen LogP contribution in [0.15, 0.2) is 57.9 Å². The average Bonchev–Trinajstić information content (AvgIpc) is 2.55. The van der Waals surface area contributed by atoms with E-state index in [4.69, 9.17) is 0 Å². The van der Waals surface area contributed by atoms with Crippen LogP contribution in [0.5, 0.6) is 0 Å². The molecule has 0 aliphatic heterocycles. The summed E-state index contributed by atoms with van der Waals surface area (Å²) < 4.78 is 26.8. The molecule has 0 aliphatic carbocycles. The van der Waals surface area contributed by atoms with E-state index >= 15 is 0 Å². The lowest BCUT2D eigenvalue weighted by Gasteiger charge is -2.15. The average molecular weight is 397 g/mol. The molecule has 2 N–H and O–H groups in total. The van der Waals surface area contributed by atoms with E-state index in [2.05, 4.69) is 26.0 Å². The van der Waals surface area contributed by atoms with Crippen molar-refractivity contribution in [1.82, 2.24) is 10.0 Å². The highest BCUT2D eigenvalue weighted by atomic mass is 79.9. The first-order valence-electron chi connectivity index (χ1n) is 6.93. The SMILES string of the molecule is CNS(=O)(=O)c1cccc(C(=O)N[C@H](C)c2cccc(Br)c2)c1. The highest BCUT2D eigenvalue weighted by Crippen LogP contribution is 2.19. The topological polar surface area (TPSA) is 75.3 Å². The molecular weight excluding hydrogens is 380 g/mol. The maximum atomic E-state index is 12.3. The van der Waals surface area contributed by atoms with E-state index in [1.807, 2.05) is 31.2 Å². The van der Waals surface area contributed by atoms with E-state index in [0.717, 1.165) is 10.0 Å². The lowest BCUT2D eigenvalue weighted by molar-refractivity contribution is 0.0939. The van der Waals surface area contributed by atoms with Gasteiger partial charge in [0.15, 0.2) is 0 Å². The lowest BCUT2D eigenvalue weighted by Crippen LogP contribution is -2.27. The van der Waals surface area contributed by atoms with Gasteiger partial charge in [0.05, 0.1) is 10.9 Å². The molecule has 0 saturated heterocycles. The van der Waals surface area contributed by atoms with Crippen LogP contribution in [0, 0.1) is 0 Å². The molecule has 2 rings (SSSR count). The van der Waals surface area contributed by atoms with E-state index in [0.29, 0.717) is 5.56 Å². The van der Waals surface area contributed by atoms with Crippen LogP contribution in [-0.2, 0) is 10.0 Å². The number of benzene rings is 2. The molecule has 0 heterocycles. The fourth-order valence-corrected chi connectivity index (χ4v) is 3.25. The summed E-state index contributed by atoms with van der Waals surface area (Å²) in [5.74, 6) is -0.328. The lowest BCUT2D eigenvalue weighted by atomic mass is 10.1. The molecule has 0 aliphatic rings. The molecule has 2 aromatic carbocycles. The van der Waals surface area contributed by atoms with Gasteiger partial charge >= 0.3 is 0 Å². The Hall–Kier alpha value is -1.70. The molecule has 0 radical (unpaired) electrons. The van der Waals surface area contributed by atoms with Gasteiger partial charge in [0.1, 0.15) is 0 Å². The Morgan fingerprint density at radius 2 is 1.83 bits per heavy atom. The maximum Gasteiger partial charge on any atom is 0.251 e. The van der Waals surface area contributed by atoms with Crippen LogP contribution in [0.2, 0.25) is 0 Å². The summed E-state index contributed by atoms with van der Waals surface area (Å²) in [6.07, 6.45) is 0. The minimum atomic E-state index is -3.58. The smallest absolute Gasteiger partial charge is 0.251 e. The predicted molar refractivity (Wildman–Crippen MR) is 92.7 cm³/mol. The fourth-order valence-electron chi connectivity index (χ4n) is 2.06. The second-order valence-electron chi connectivity index (χ2n) is 4.99. The van der Waals surface area contributed by atoms with E-state index in [1.54, 1.807) is 12.1 Å². The quantitative estimate of drug-likeness (QED) is 0.815. The van der Waals surface area contributed by atoms with Crippen LogP contribution < -0.4 is 10.0 Å². The number of carbonyl (C=O) groups excluding carboxylic acids is 1. The van der Waals surface area contributed by atoms with Crippen molar-refractivity contribution in [1.29, 1.82) is 0 Å². The highest BCUT2D eigenvalue weighted by molar-refractivity contribution is 9.10. The van der Waals surface area contributed by atoms with Gasteiger partial charge in [-0.05, 0) is 49.9 Å². The van der Waals surface area contributed by atoms with Crippen LogP contribution >= 0.6 is 15.9 Å². The summed E-state index contributed by atoms with van der Waals surface area (Å²) in [7, 11) is -2.25. The van der Waals surface area contributed by atoms with Crippen molar-refractivity contribution < 1.29 is 13.2 Å². The van der Waals surface area contributed by atoms with Crippen molar-refractivity contribution in [2.45, 2.75) is 17.9 Å². The van der Waals surface area contributed by atoms with E-state index in [-0.39, 0.29) is 16.8 Å². The molecule has 0 fully saturated rings. The minimum absolute atomic E-state index is 0.0581. The zero-order valence-corrected chi connectivity index (χ0v) is 15.1. The summed E-state index contributed by atoms with van der Waals surface area (Å²) in [4.78, 5) is 12.4. The summed E-state index contributed by atoms with van der Waals surface area (Å²) in [6.45, 7) is 1.87. The van der Waals surface area contributed by atoms with Gasteiger partial charge in [-0.1, -0.05) is 34.1 Å². The van der Waals surface area contributed by atoms with E-state index in [9.17, 15) is 13.2 Å². The van der Waals surface area contributed by atoms with Crippen molar-refractivity contribution >= 4 is 31.9 Å². The Labute approximate surface area is 144 Å². The number of halogens is 1. The minimum Gasteiger partial charge on any atom is -0.346 e. The first-order chi connectivity index (χ1) is 10.8. The molecule has 0 bridgehead atoms. The maximum absolute atomic E-state index is 12.3. The largest absolute Gasteiger partial charge is 0.346 e. The number of sulfonamides is 1. The van der Waals surface area contributed by atoms with E-state index in [1.165, 1.54) is 19.2 Å². The Morgan fingerprint density at radius 1 is 1.13 bits per heavy atom. The van der Waals surface area contributed by atoms with Crippen molar-refractivity contribution in [3.8, 4) is 0 Å². The van der Waals surface area contributed by atoms with Crippen molar-refractivity contribution in [3.63, 3.8) is 0 Å². The number of hydrogen-bond acceptors (Lipinski definition) is 3. The molecule has 0 spiro atoms. The van der Waals surface area contributed by atoms with Crippen molar-refractivity contribution in [2.24, 2.45) is 0 Å². The van der Waals surface area contributed by atoms with Gasteiger partial charge in [-0.3, -0.25) is 4.79 Å². The first kappa shape index (κ1) is 17.7. The zero-order chi connectivity index (χ0) is 17.0. The van der Waals surface area contributed by atoms with Gasteiger partial charge < -0.3 is 5.32 Å². The molecule has 5 nitrogen and oxygen atoms in total. The van der Waals surface area contributed by atoms with Crippen LogP contribution in [0.1, 0.15) is 28.9 Å². The number of carbonyl (C=O) groups is 1. The molecule has 2 aromatic rings. The number of amides is 1. The third kappa shape index (κ3) is 4.40. The van der Waals surface area contributed by atoms with Gasteiger partial charge in [-0.15, -0.1) is 0 Å². The molecule has 1 atom stereocenters. The van der Waals surface area contributed by atoms with Crippen LogP contribution in [-0.4, -0.2) is 21.4 Å². The molecule has 7 heteroatoms. The predicted octanol–water partition coefficient (Wildman–Crippen LogP) is 2.85. The molecular formula is C16H17BrN2O3S. The third-order valence-corrected chi connectivity index (χ3v) is 5.28. The zero-order valence-electron chi connectivity index (χ0n) is 12.7. The van der Waals surface area contributed by atoms with Crippen molar-refractivity contribution in [3.05, 3.63) is 64.1 Å². The molecule has 0 aromatic heterocycles. The summed E-state index contributed by atoms with van der Waals surface area (Å²) in [6, 6.07) is 13.4. The Balaban J connectivity index is 2.20. The summed E-state index contributed by atoms with van der Waals surface area (Å²) in [5.41, 5.74) is 1.25. The van der Waals surface area contributed by atoms with Crippen LogP contribution in [0.25, 0.3) is 0 Å². The fraction of sp³-hybridized carbons (Fsp3) is 0.188. The number of rotatable bonds is 5. The summed E-state index contributed by atoms with van der Waals surface area (Å²) >= 11 is 3.39. The van der Waals surface area contributed by atoms with Gasteiger partial charge in [0.2, 0.25) is 10.0 Å². The monoisotopic (exact) mass is 396 g/mol. The molecule has 122 valence electrons. The van der Waals surface area contributed by atoms with Crippen LogP contribution in [0.4, 0.5) is 0 Å². The van der Waals surface area contributed by atoms with Gasteiger partial charge in [-0.25, -0.2) is 13.1 Å². The second-order valence-corrected chi connectivity index (χ2v) is 7.79. The number of hydrogen-bond donors (Lipinski definition) is 2. The van der Waals surface area contributed by atoms with Gasteiger partial charge in [0, 0.05) is 10.0 Å². The normalized spacial score (nSPS) is 12.7. The third-order valence-electron chi connectivity index (χ3n) is 3.37. The number of nitrogens with one attached hydrogen (secondary N) is 2.